The summed E-state index contributed by atoms with van der Waals surface area (Å²) in [6.07, 6.45) is 1.01. The number of aryl methyl sites for hydroxylation is 1. The fourth-order valence-corrected chi connectivity index (χ4v) is 2.98. The molecule has 1 amide bonds. The maximum absolute atomic E-state index is 12.4. The Balaban J connectivity index is 2.02. The van der Waals surface area contributed by atoms with Gasteiger partial charge in [0.1, 0.15) is 0 Å². The zero-order valence-electron chi connectivity index (χ0n) is 10.1. The van der Waals surface area contributed by atoms with Gasteiger partial charge in [-0.1, -0.05) is 34.1 Å². The van der Waals surface area contributed by atoms with E-state index in [9.17, 15) is 4.79 Å². The lowest BCUT2D eigenvalue weighted by molar-refractivity contribution is 0.0788. The van der Waals surface area contributed by atoms with E-state index in [2.05, 4.69) is 21.0 Å². The van der Waals surface area contributed by atoms with Crippen LogP contribution in [0.15, 0.2) is 24.3 Å². The molecule has 0 N–H and O–H groups in total. The Morgan fingerprint density at radius 1 is 1.44 bits per heavy atom. The Morgan fingerprint density at radius 3 is 2.94 bits per heavy atom. The Bertz CT molecular complexity index is 607. The first kappa shape index (κ1) is 11.7. The Labute approximate surface area is 114 Å². The van der Waals surface area contributed by atoms with E-state index in [1.165, 1.54) is 0 Å². The van der Waals surface area contributed by atoms with E-state index in [4.69, 9.17) is 0 Å². The van der Waals surface area contributed by atoms with Gasteiger partial charge in [0.25, 0.3) is 5.91 Å². The van der Waals surface area contributed by atoms with Gasteiger partial charge in [-0.3, -0.25) is 9.48 Å². The van der Waals surface area contributed by atoms with Crippen LogP contribution in [0.25, 0.3) is 10.9 Å². The van der Waals surface area contributed by atoms with Gasteiger partial charge in [0.2, 0.25) is 0 Å². The van der Waals surface area contributed by atoms with Gasteiger partial charge in [0.05, 0.1) is 5.52 Å². The highest BCUT2D eigenvalue weighted by Crippen LogP contribution is 2.22. The van der Waals surface area contributed by atoms with E-state index in [-0.39, 0.29) is 5.91 Å². The SMILES string of the molecule is Cn1nc(C(=O)N2CCC(Br)C2)c2ccccc21. The summed E-state index contributed by atoms with van der Waals surface area (Å²) in [4.78, 5) is 14.7. The molecule has 1 aliphatic heterocycles. The molecule has 94 valence electrons. The molecule has 0 bridgehead atoms. The number of hydrogen-bond acceptors (Lipinski definition) is 2. The molecule has 1 atom stereocenters. The third kappa shape index (κ3) is 1.82. The maximum Gasteiger partial charge on any atom is 0.275 e. The molecule has 1 unspecified atom stereocenters. The molecule has 1 aromatic carbocycles. The number of carbonyl (C=O) groups is 1. The van der Waals surface area contributed by atoms with Gasteiger partial charge in [-0.05, 0) is 12.5 Å². The van der Waals surface area contributed by atoms with E-state index >= 15 is 0 Å². The minimum Gasteiger partial charge on any atom is -0.336 e. The molecule has 0 aliphatic carbocycles. The van der Waals surface area contributed by atoms with E-state index in [0.717, 1.165) is 30.4 Å². The first-order valence-corrected chi connectivity index (χ1v) is 6.93. The molecule has 1 aromatic heterocycles. The zero-order chi connectivity index (χ0) is 12.7. The normalized spacial score (nSPS) is 19.7. The molecule has 1 saturated heterocycles. The number of halogens is 1. The summed E-state index contributed by atoms with van der Waals surface area (Å²) >= 11 is 3.55. The molecule has 18 heavy (non-hydrogen) atoms. The topological polar surface area (TPSA) is 38.1 Å². The van der Waals surface area contributed by atoms with Crippen LogP contribution in [0.4, 0.5) is 0 Å². The lowest BCUT2D eigenvalue weighted by Gasteiger charge is -2.13. The lowest BCUT2D eigenvalue weighted by atomic mass is 10.2. The van der Waals surface area contributed by atoms with Crippen LogP contribution in [0.1, 0.15) is 16.9 Å². The molecule has 0 saturated carbocycles. The maximum atomic E-state index is 12.4. The highest BCUT2D eigenvalue weighted by Gasteiger charge is 2.28. The average molecular weight is 308 g/mol. The van der Waals surface area contributed by atoms with Gasteiger partial charge in [0.15, 0.2) is 5.69 Å². The summed E-state index contributed by atoms with van der Waals surface area (Å²) in [6.45, 7) is 1.57. The van der Waals surface area contributed by atoms with E-state index in [1.54, 1.807) is 4.68 Å². The number of likely N-dealkylation sites (tertiary alicyclic amines) is 1. The summed E-state index contributed by atoms with van der Waals surface area (Å²) in [5, 5.41) is 5.30. The van der Waals surface area contributed by atoms with Gasteiger partial charge >= 0.3 is 0 Å². The van der Waals surface area contributed by atoms with Gasteiger partial charge < -0.3 is 4.90 Å². The van der Waals surface area contributed by atoms with Crippen molar-refractivity contribution >= 4 is 32.7 Å². The Kier molecular flexibility index (Phi) is 2.86. The number of amides is 1. The summed E-state index contributed by atoms with van der Waals surface area (Å²) in [5.41, 5.74) is 1.56. The molecular formula is C13H14BrN3O. The number of alkyl halides is 1. The number of benzene rings is 1. The van der Waals surface area contributed by atoms with Crippen LogP contribution in [-0.4, -0.2) is 38.5 Å². The second-order valence-corrected chi connectivity index (χ2v) is 5.92. The fraction of sp³-hybridized carbons (Fsp3) is 0.385. The average Bonchev–Trinajstić information content (AvgIpc) is 2.94. The minimum absolute atomic E-state index is 0.0359. The summed E-state index contributed by atoms with van der Waals surface area (Å²) in [5.74, 6) is 0.0359. The lowest BCUT2D eigenvalue weighted by Crippen LogP contribution is -2.29. The monoisotopic (exact) mass is 307 g/mol. The first-order valence-electron chi connectivity index (χ1n) is 6.02. The van der Waals surface area contributed by atoms with E-state index in [1.807, 2.05) is 36.2 Å². The Hall–Kier alpha value is -1.36. The number of rotatable bonds is 1. The van der Waals surface area contributed by atoms with Crippen LogP contribution in [-0.2, 0) is 7.05 Å². The van der Waals surface area contributed by atoms with Crippen LogP contribution in [0.2, 0.25) is 0 Å². The summed E-state index contributed by atoms with van der Waals surface area (Å²) in [6, 6.07) is 7.84. The van der Waals surface area contributed by atoms with Crippen LogP contribution < -0.4 is 0 Å². The van der Waals surface area contributed by atoms with Crippen molar-refractivity contribution in [3.63, 3.8) is 0 Å². The van der Waals surface area contributed by atoms with Crippen LogP contribution in [0.5, 0.6) is 0 Å². The molecule has 1 aliphatic rings. The van der Waals surface area contributed by atoms with Gasteiger partial charge in [0, 0.05) is 30.4 Å². The molecule has 4 nitrogen and oxygen atoms in total. The highest BCUT2D eigenvalue weighted by atomic mass is 79.9. The molecule has 0 spiro atoms. The largest absolute Gasteiger partial charge is 0.336 e. The standard InChI is InChI=1S/C13H14BrN3O/c1-16-11-5-3-2-4-10(11)12(15-16)13(18)17-7-6-9(14)8-17/h2-5,9H,6-8H2,1H3. The predicted molar refractivity (Wildman–Crippen MR) is 73.9 cm³/mol. The van der Waals surface area contributed by atoms with Crippen LogP contribution in [0.3, 0.4) is 0 Å². The van der Waals surface area contributed by atoms with Gasteiger partial charge in [-0.15, -0.1) is 0 Å². The van der Waals surface area contributed by atoms with Crippen molar-refractivity contribution in [2.45, 2.75) is 11.2 Å². The number of hydrogen-bond donors (Lipinski definition) is 0. The second-order valence-electron chi connectivity index (χ2n) is 4.63. The molecule has 2 heterocycles. The first-order chi connectivity index (χ1) is 8.66. The molecule has 5 heteroatoms. The number of para-hydroxylation sites is 1. The fourth-order valence-electron chi connectivity index (χ4n) is 2.42. The van der Waals surface area contributed by atoms with Crippen molar-refractivity contribution in [2.75, 3.05) is 13.1 Å². The molecule has 0 radical (unpaired) electrons. The molecule has 3 rings (SSSR count). The third-order valence-corrected chi connectivity index (χ3v) is 4.13. The quantitative estimate of drug-likeness (QED) is 0.757. The van der Waals surface area contributed by atoms with E-state index < -0.39 is 0 Å². The molecule has 2 aromatic rings. The summed E-state index contributed by atoms with van der Waals surface area (Å²) < 4.78 is 1.77. The van der Waals surface area contributed by atoms with Crippen LogP contribution in [0, 0.1) is 0 Å². The zero-order valence-corrected chi connectivity index (χ0v) is 11.7. The van der Waals surface area contributed by atoms with Crippen molar-refractivity contribution in [3.8, 4) is 0 Å². The Morgan fingerprint density at radius 2 is 2.22 bits per heavy atom. The predicted octanol–water partition coefficient (Wildman–Crippen LogP) is 2.18. The van der Waals surface area contributed by atoms with E-state index in [0.29, 0.717) is 10.5 Å². The van der Waals surface area contributed by atoms with Crippen LogP contribution >= 0.6 is 15.9 Å². The number of carbonyl (C=O) groups excluding carboxylic acids is 1. The van der Waals surface area contributed by atoms with Gasteiger partial charge in [-0.25, -0.2) is 0 Å². The smallest absolute Gasteiger partial charge is 0.275 e. The molecular weight excluding hydrogens is 294 g/mol. The van der Waals surface area contributed by atoms with Crippen molar-refractivity contribution < 1.29 is 4.79 Å². The second kappa shape index (κ2) is 4.39. The number of fused-ring (bicyclic) bond motifs is 1. The highest BCUT2D eigenvalue weighted by molar-refractivity contribution is 9.09. The van der Waals surface area contributed by atoms with Crippen molar-refractivity contribution in [1.29, 1.82) is 0 Å². The minimum atomic E-state index is 0.0359. The van der Waals surface area contributed by atoms with Crippen molar-refractivity contribution in [1.82, 2.24) is 14.7 Å². The number of aromatic nitrogens is 2. The van der Waals surface area contributed by atoms with Crippen molar-refractivity contribution in [3.05, 3.63) is 30.0 Å². The van der Waals surface area contributed by atoms with Gasteiger partial charge in [-0.2, -0.15) is 5.10 Å². The molecule has 1 fully saturated rings. The summed E-state index contributed by atoms with van der Waals surface area (Å²) in [7, 11) is 1.87. The van der Waals surface area contributed by atoms with Crippen molar-refractivity contribution in [2.24, 2.45) is 7.05 Å². The number of nitrogens with zero attached hydrogens (tertiary/aromatic N) is 3. The third-order valence-electron chi connectivity index (χ3n) is 3.38.